The Morgan fingerprint density at radius 1 is 1.53 bits per heavy atom. The van der Waals surface area contributed by atoms with Crippen molar-refractivity contribution < 1.29 is 13.5 Å². The number of nitrogens with zero attached hydrogens (tertiary/aromatic N) is 1. The predicted octanol–water partition coefficient (Wildman–Crippen LogP) is 2.04. The Balaban J connectivity index is 2.18. The van der Waals surface area contributed by atoms with E-state index in [1.165, 1.54) is 0 Å². The molecule has 1 aliphatic carbocycles. The quantitative estimate of drug-likeness (QED) is 0.416. The molecule has 0 amide bonds. The van der Waals surface area contributed by atoms with Crippen molar-refractivity contribution in [2.75, 3.05) is 6.61 Å². The van der Waals surface area contributed by atoms with E-state index in [9.17, 15) is 9.12 Å². The maximum absolute atomic E-state index is 10.9. The molecule has 1 unspecified atom stereocenters. The molecular weight excluding hydrogens is 218 g/mol. The Hall–Kier alpha value is -0.330. The van der Waals surface area contributed by atoms with Crippen LogP contribution in [0.4, 0.5) is 0 Å². The lowest BCUT2D eigenvalue weighted by Gasteiger charge is -2.17. The second-order valence-electron chi connectivity index (χ2n) is 4.42. The maximum Gasteiger partial charge on any atom is 0.194 e. The van der Waals surface area contributed by atoms with Gasteiger partial charge in [-0.1, -0.05) is 0 Å². The highest BCUT2D eigenvalue weighted by Gasteiger charge is 2.47. The van der Waals surface area contributed by atoms with Gasteiger partial charge in [0.25, 0.3) is 0 Å². The number of ether oxygens (including phenoxy) is 1. The fraction of sp³-hybridized carbons (Fsp3) is 1.00. The minimum atomic E-state index is -1.73. The molecular formula is C9H17NO4S. The molecule has 88 valence electrons. The summed E-state index contributed by atoms with van der Waals surface area (Å²) in [5, 5.41) is 2.82. The van der Waals surface area contributed by atoms with Crippen LogP contribution >= 0.6 is 0 Å². The van der Waals surface area contributed by atoms with Crippen molar-refractivity contribution in [2.24, 2.45) is 5.18 Å². The fourth-order valence-electron chi connectivity index (χ4n) is 1.39. The van der Waals surface area contributed by atoms with Gasteiger partial charge in [-0.25, -0.2) is 4.21 Å². The molecule has 0 aromatic heterocycles. The predicted molar refractivity (Wildman–Crippen MR) is 57.8 cm³/mol. The molecule has 0 spiro atoms. The largest absolute Gasteiger partial charge is 0.351 e. The Morgan fingerprint density at radius 2 is 2.13 bits per heavy atom. The molecule has 5 nitrogen and oxygen atoms in total. The standard InChI is InChI=1S/C9H17NO4S/c1-8(2,10-11)14-7-3-4-9(5-6-9)15(12)13/h3-7H2,1-2H3,(H,12,13). The molecule has 0 heterocycles. The fourth-order valence-corrected chi connectivity index (χ4v) is 2.16. The first kappa shape index (κ1) is 12.7. The smallest absolute Gasteiger partial charge is 0.194 e. The minimum Gasteiger partial charge on any atom is -0.351 e. The van der Waals surface area contributed by atoms with Gasteiger partial charge in [-0.3, -0.25) is 0 Å². The number of nitroso groups, excluding NO2 is 1. The van der Waals surface area contributed by atoms with Crippen molar-refractivity contribution in [1.29, 1.82) is 0 Å². The molecule has 1 rings (SSSR count). The molecule has 0 aromatic carbocycles. The van der Waals surface area contributed by atoms with E-state index >= 15 is 0 Å². The van der Waals surface area contributed by atoms with Crippen LogP contribution in [0, 0.1) is 4.91 Å². The Kier molecular flexibility index (Phi) is 3.97. The van der Waals surface area contributed by atoms with Crippen LogP contribution in [-0.4, -0.2) is 25.8 Å². The molecule has 1 atom stereocenters. The number of hydrogen-bond donors (Lipinski definition) is 1. The van der Waals surface area contributed by atoms with Gasteiger partial charge in [-0.15, -0.1) is 4.91 Å². The molecule has 1 aliphatic rings. The highest BCUT2D eigenvalue weighted by atomic mass is 32.2. The number of hydrogen-bond acceptors (Lipinski definition) is 4. The van der Waals surface area contributed by atoms with Gasteiger partial charge in [-0.2, -0.15) is 0 Å². The molecule has 6 heteroatoms. The van der Waals surface area contributed by atoms with Gasteiger partial charge < -0.3 is 9.29 Å². The van der Waals surface area contributed by atoms with Crippen molar-refractivity contribution in [3.05, 3.63) is 4.91 Å². The highest BCUT2D eigenvalue weighted by Crippen LogP contribution is 2.44. The van der Waals surface area contributed by atoms with Gasteiger partial charge in [0.05, 0.1) is 4.75 Å². The normalized spacial score (nSPS) is 21.0. The summed E-state index contributed by atoms with van der Waals surface area (Å²) < 4.78 is 24.8. The third kappa shape index (κ3) is 3.62. The summed E-state index contributed by atoms with van der Waals surface area (Å²) in [4.78, 5) is 10.3. The van der Waals surface area contributed by atoms with E-state index in [1.807, 2.05) is 0 Å². The van der Waals surface area contributed by atoms with Crippen molar-refractivity contribution in [1.82, 2.24) is 0 Å². The van der Waals surface area contributed by atoms with E-state index in [0.29, 0.717) is 19.4 Å². The van der Waals surface area contributed by atoms with E-state index in [-0.39, 0.29) is 4.75 Å². The SMILES string of the molecule is CC(C)(N=O)OCCCC1(S(=O)O)CC1. The van der Waals surface area contributed by atoms with Crippen molar-refractivity contribution in [3.63, 3.8) is 0 Å². The van der Waals surface area contributed by atoms with Gasteiger partial charge in [0.1, 0.15) is 0 Å². The van der Waals surface area contributed by atoms with E-state index in [4.69, 9.17) is 9.29 Å². The van der Waals surface area contributed by atoms with Crippen LogP contribution in [0.2, 0.25) is 0 Å². The summed E-state index contributed by atoms with van der Waals surface area (Å²) in [5.41, 5.74) is -0.991. The van der Waals surface area contributed by atoms with Crippen molar-refractivity contribution >= 4 is 11.1 Å². The Morgan fingerprint density at radius 3 is 2.53 bits per heavy atom. The van der Waals surface area contributed by atoms with Gasteiger partial charge in [0.15, 0.2) is 16.8 Å². The second kappa shape index (κ2) is 4.67. The lowest BCUT2D eigenvalue weighted by atomic mass is 10.2. The maximum atomic E-state index is 10.9. The van der Waals surface area contributed by atoms with Gasteiger partial charge in [0.2, 0.25) is 0 Å². The molecule has 0 aromatic rings. The summed E-state index contributed by atoms with van der Waals surface area (Å²) in [7, 11) is 0. The van der Waals surface area contributed by atoms with E-state index < -0.39 is 16.8 Å². The topological polar surface area (TPSA) is 76.0 Å². The van der Waals surface area contributed by atoms with Crippen molar-refractivity contribution in [3.8, 4) is 0 Å². The van der Waals surface area contributed by atoms with E-state index in [1.54, 1.807) is 13.8 Å². The summed E-state index contributed by atoms with van der Waals surface area (Å²) >= 11 is -1.73. The minimum absolute atomic E-state index is 0.387. The van der Waals surface area contributed by atoms with Gasteiger partial charge in [-0.05, 0) is 44.7 Å². The van der Waals surface area contributed by atoms with Crippen LogP contribution in [0.15, 0.2) is 5.18 Å². The van der Waals surface area contributed by atoms with Crippen LogP contribution in [-0.2, 0) is 15.8 Å². The Labute approximate surface area is 91.8 Å². The average molecular weight is 235 g/mol. The van der Waals surface area contributed by atoms with E-state index in [2.05, 4.69) is 5.18 Å². The second-order valence-corrected chi connectivity index (χ2v) is 5.79. The highest BCUT2D eigenvalue weighted by molar-refractivity contribution is 7.81. The number of rotatable bonds is 7. The first-order valence-corrected chi connectivity index (χ1v) is 6.12. The summed E-state index contributed by atoms with van der Waals surface area (Å²) in [6.45, 7) is 3.59. The molecule has 1 fully saturated rings. The zero-order valence-electron chi connectivity index (χ0n) is 9.06. The molecule has 0 radical (unpaired) electrons. The molecule has 0 aliphatic heterocycles. The molecule has 1 N–H and O–H groups in total. The third-order valence-corrected chi connectivity index (χ3v) is 3.98. The lowest BCUT2D eigenvalue weighted by molar-refractivity contribution is -0.0135. The third-order valence-electron chi connectivity index (χ3n) is 2.63. The summed E-state index contributed by atoms with van der Waals surface area (Å²) in [6, 6.07) is 0. The monoisotopic (exact) mass is 235 g/mol. The Bertz CT molecular complexity index is 263. The summed E-state index contributed by atoms with van der Waals surface area (Å²) in [6.07, 6.45) is 2.98. The molecule has 15 heavy (non-hydrogen) atoms. The van der Waals surface area contributed by atoms with Crippen molar-refractivity contribution in [2.45, 2.75) is 50.0 Å². The zero-order valence-corrected chi connectivity index (χ0v) is 9.88. The van der Waals surface area contributed by atoms with Crippen LogP contribution in [0.25, 0.3) is 0 Å². The van der Waals surface area contributed by atoms with Crippen LogP contribution in [0.3, 0.4) is 0 Å². The lowest BCUT2D eigenvalue weighted by Crippen LogP contribution is -2.23. The first-order valence-electron chi connectivity index (χ1n) is 5.01. The average Bonchev–Trinajstić information content (AvgIpc) is 2.94. The summed E-state index contributed by atoms with van der Waals surface area (Å²) in [5.74, 6) is 0. The zero-order chi connectivity index (χ0) is 11.5. The molecule has 0 bridgehead atoms. The van der Waals surface area contributed by atoms with Gasteiger partial charge in [0, 0.05) is 6.61 Å². The molecule has 0 saturated heterocycles. The van der Waals surface area contributed by atoms with Gasteiger partial charge >= 0.3 is 0 Å². The molecule has 1 saturated carbocycles. The van der Waals surface area contributed by atoms with Crippen LogP contribution in [0.5, 0.6) is 0 Å². The van der Waals surface area contributed by atoms with Crippen LogP contribution in [0.1, 0.15) is 39.5 Å². The van der Waals surface area contributed by atoms with Crippen LogP contribution < -0.4 is 0 Å². The van der Waals surface area contributed by atoms with E-state index in [0.717, 1.165) is 12.8 Å². The first-order chi connectivity index (χ1) is 6.92.